The molecule has 0 saturated carbocycles. The molecule has 2 heterocycles. The SMILES string of the molecule is CC1(C)OC(C)(C)C([Se](=O)C2=C(Cl)C(C)(C)OC2(C)C)=C1Cl. The van der Waals surface area contributed by atoms with Crippen LogP contribution in [0, 0.1) is 0 Å². The van der Waals surface area contributed by atoms with Gasteiger partial charge >= 0.3 is 147 Å². The Hall–Kier alpha value is 0.299. The van der Waals surface area contributed by atoms with Gasteiger partial charge < -0.3 is 0 Å². The van der Waals surface area contributed by atoms with Crippen LogP contribution in [-0.2, 0) is 13.3 Å². The third-order valence-corrected chi connectivity index (χ3v) is 10.2. The van der Waals surface area contributed by atoms with Gasteiger partial charge in [0.15, 0.2) is 0 Å². The quantitative estimate of drug-likeness (QED) is 0.618. The van der Waals surface area contributed by atoms with E-state index in [4.69, 9.17) is 32.7 Å². The van der Waals surface area contributed by atoms with E-state index >= 15 is 0 Å². The first-order valence-corrected chi connectivity index (χ1v) is 10.4. The summed E-state index contributed by atoms with van der Waals surface area (Å²) in [6.07, 6.45) is 0. The number of rotatable bonds is 2. The number of halogens is 2. The van der Waals surface area contributed by atoms with Gasteiger partial charge in [-0.2, -0.15) is 0 Å². The average molecular weight is 414 g/mol. The van der Waals surface area contributed by atoms with E-state index in [0.717, 1.165) is 0 Å². The number of hydrogen-bond donors (Lipinski definition) is 0. The van der Waals surface area contributed by atoms with Gasteiger partial charge in [0.2, 0.25) is 0 Å². The molecule has 0 bridgehead atoms. The molecule has 0 aromatic carbocycles. The van der Waals surface area contributed by atoms with E-state index in [0.29, 0.717) is 19.0 Å². The standard InChI is InChI=1S/C16H24Cl2O3Se/c1-13(2)9(17)11(15(5,6)20-13)22(19)12-10(18)14(3,4)21-16(12,7)8/h1-8H3. The second-order valence-electron chi connectivity index (χ2n) is 7.80. The van der Waals surface area contributed by atoms with Crippen LogP contribution in [0.5, 0.6) is 0 Å². The van der Waals surface area contributed by atoms with Crippen LogP contribution in [0.2, 0.25) is 0 Å². The summed E-state index contributed by atoms with van der Waals surface area (Å²) in [5.41, 5.74) is -2.64. The van der Waals surface area contributed by atoms with Crippen molar-refractivity contribution < 1.29 is 13.3 Å². The molecule has 22 heavy (non-hydrogen) atoms. The van der Waals surface area contributed by atoms with Gasteiger partial charge in [0, 0.05) is 0 Å². The number of hydrogen-bond acceptors (Lipinski definition) is 3. The topological polar surface area (TPSA) is 35.5 Å². The molecule has 0 aromatic rings. The Kier molecular flexibility index (Phi) is 4.36. The van der Waals surface area contributed by atoms with E-state index in [9.17, 15) is 3.83 Å². The van der Waals surface area contributed by atoms with Crippen molar-refractivity contribution in [3.8, 4) is 0 Å². The monoisotopic (exact) mass is 414 g/mol. The molecule has 0 radical (unpaired) electrons. The van der Waals surface area contributed by atoms with Crippen molar-refractivity contribution in [1.29, 1.82) is 0 Å². The van der Waals surface area contributed by atoms with E-state index in [1.54, 1.807) is 0 Å². The minimum atomic E-state index is -2.68. The zero-order valence-corrected chi connectivity index (χ0v) is 17.6. The molecule has 0 spiro atoms. The van der Waals surface area contributed by atoms with Crippen LogP contribution in [0.25, 0.3) is 0 Å². The Labute approximate surface area is 147 Å². The van der Waals surface area contributed by atoms with Crippen molar-refractivity contribution in [1.82, 2.24) is 0 Å². The second kappa shape index (κ2) is 5.15. The average Bonchev–Trinajstić information content (AvgIpc) is 2.50. The maximum atomic E-state index is 13.4. The molecule has 0 amide bonds. The maximum absolute atomic E-state index is 13.4. The van der Waals surface area contributed by atoms with Crippen LogP contribution < -0.4 is 0 Å². The van der Waals surface area contributed by atoms with Gasteiger partial charge in [-0.25, -0.2) is 0 Å². The number of ether oxygens (including phenoxy) is 2. The molecule has 0 aliphatic carbocycles. The normalized spacial score (nSPS) is 28.9. The minimum absolute atomic E-state index is 0.523. The summed E-state index contributed by atoms with van der Waals surface area (Å²) >= 11 is 10.4. The Morgan fingerprint density at radius 2 is 0.955 bits per heavy atom. The zero-order valence-electron chi connectivity index (χ0n) is 14.4. The van der Waals surface area contributed by atoms with E-state index in [2.05, 4.69) is 0 Å². The third kappa shape index (κ3) is 2.76. The second-order valence-corrected chi connectivity index (χ2v) is 11.4. The zero-order chi connectivity index (χ0) is 17.3. The van der Waals surface area contributed by atoms with E-state index in [1.165, 1.54) is 0 Å². The van der Waals surface area contributed by atoms with Crippen molar-refractivity contribution in [3.63, 3.8) is 0 Å². The van der Waals surface area contributed by atoms with Crippen LogP contribution in [0.1, 0.15) is 55.4 Å². The van der Waals surface area contributed by atoms with E-state index in [-0.39, 0.29) is 0 Å². The van der Waals surface area contributed by atoms with Gasteiger partial charge in [0.1, 0.15) is 0 Å². The molecule has 3 nitrogen and oxygen atoms in total. The van der Waals surface area contributed by atoms with Crippen molar-refractivity contribution in [3.05, 3.63) is 19.0 Å². The fourth-order valence-corrected chi connectivity index (χ4v) is 8.70. The van der Waals surface area contributed by atoms with Gasteiger partial charge in [-0.1, -0.05) is 0 Å². The summed E-state index contributed by atoms with van der Waals surface area (Å²) < 4.78 is 26.8. The molecule has 0 fully saturated rings. The summed E-state index contributed by atoms with van der Waals surface area (Å²) in [6.45, 7) is 15.1. The van der Waals surface area contributed by atoms with Gasteiger partial charge in [0.05, 0.1) is 0 Å². The Balaban J connectivity index is 2.62. The molecule has 2 aliphatic heterocycles. The molecule has 0 aromatic heterocycles. The van der Waals surface area contributed by atoms with Crippen molar-refractivity contribution >= 4 is 37.0 Å². The van der Waals surface area contributed by atoms with Crippen LogP contribution in [-0.4, -0.2) is 36.2 Å². The van der Waals surface area contributed by atoms with Crippen molar-refractivity contribution in [2.24, 2.45) is 0 Å². The van der Waals surface area contributed by atoms with Gasteiger partial charge in [-0.05, 0) is 0 Å². The van der Waals surface area contributed by atoms with Gasteiger partial charge in [-0.15, -0.1) is 0 Å². The van der Waals surface area contributed by atoms with E-state index < -0.39 is 36.2 Å². The fraction of sp³-hybridized carbons (Fsp3) is 0.750. The first kappa shape index (κ1) is 18.6. The van der Waals surface area contributed by atoms with Gasteiger partial charge in [-0.3, -0.25) is 0 Å². The molecule has 0 atom stereocenters. The molecule has 2 rings (SSSR count). The molecule has 0 saturated heterocycles. The molecule has 6 heteroatoms. The Morgan fingerprint density at radius 3 is 1.14 bits per heavy atom. The molecule has 0 unspecified atom stereocenters. The molecule has 126 valence electrons. The van der Waals surface area contributed by atoms with Gasteiger partial charge in [0.25, 0.3) is 0 Å². The predicted octanol–water partition coefficient (Wildman–Crippen LogP) is 4.65. The summed E-state index contributed by atoms with van der Waals surface area (Å²) in [7, 11) is 0. The Morgan fingerprint density at radius 1 is 0.682 bits per heavy atom. The molecule has 0 N–H and O–H groups in total. The van der Waals surface area contributed by atoms with Crippen molar-refractivity contribution in [2.75, 3.05) is 0 Å². The summed E-state index contributed by atoms with van der Waals surface area (Å²) in [4.78, 5) is 0. The first-order chi connectivity index (χ1) is 9.63. The molecular weight excluding hydrogens is 390 g/mol. The first-order valence-electron chi connectivity index (χ1n) is 7.27. The molecule has 2 aliphatic rings. The summed E-state index contributed by atoms with van der Waals surface area (Å²) in [5, 5.41) is 1.05. The fourth-order valence-electron chi connectivity index (χ4n) is 3.24. The Bertz CT molecular complexity index is 561. The van der Waals surface area contributed by atoms with Crippen LogP contribution >= 0.6 is 23.2 Å². The van der Waals surface area contributed by atoms with Crippen molar-refractivity contribution in [2.45, 2.75) is 77.8 Å². The summed E-state index contributed by atoms with van der Waals surface area (Å²) in [6, 6.07) is 0. The third-order valence-electron chi connectivity index (χ3n) is 3.94. The van der Waals surface area contributed by atoms with E-state index in [1.807, 2.05) is 55.4 Å². The molecular formula is C16H24Cl2O3Se. The summed E-state index contributed by atoms with van der Waals surface area (Å²) in [5.74, 6) is 0. The van der Waals surface area contributed by atoms with Crippen LogP contribution in [0.4, 0.5) is 0 Å². The predicted molar refractivity (Wildman–Crippen MR) is 90.7 cm³/mol. The van der Waals surface area contributed by atoms with Crippen LogP contribution in [0.15, 0.2) is 19.0 Å². The van der Waals surface area contributed by atoms with Crippen LogP contribution in [0.3, 0.4) is 0 Å².